The van der Waals surface area contributed by atoms with E-state index in [2.05, 4.69) is 20.3 Å². The van der Waals surface area contributed by atoms with Crippen LogP contribution < -0.4 is 5.32 Å². The summed E-state index contributed by atoms with van der Waals surface area (Å²) in [4.78, 5) is 11.9. The van der Waals surface area contributed by atoms with Gasteiger partial charge >= 0.3 is 0 Å². The maximum atomic E-state index is 4.42. The van der Waals surface area contributed by atoms with Crippen LogP contribution in [0.4, 0.5) is 0 Å². The number of hydrogen-bond acceptors (Lipinski definition) is 3. The Balaban J connectivity index is 1.77. The van der Waals surface area contributed by atoms with Crippen LogP contribution in [0.25, 0.3) is 11.4 Å². The molecule has 1 aliphatic carbocycles. The van der Waals surface area contributed by atoms with Crippen molar-refractivity contribution in [3.8, 4) is 11.4 Å². The van der Waals surface area contributed by atoms with Crippen molar-refractivity contribution in [2.45, 2.75) is 32.4 Å². The number of rotatable bonds is 4. The molecule has 2 heterocycles. The largest absolute Gasteiger partial charge is 0.341 e. The molecule has 1 saturated carbocycles. The number of aromatic amines is 1. The zero-order valence-corrected chi connectivity index (χ0v) is 9.90. The van der Waals surface area contributed by atoms with Crippen LogP contribution in [0.15, 0.2) is 24.7 Å². The van der Waals surface area contributed by atoms with E-state index >= 15 is 0 Å². The summed E-state index contributed by atoms with van der Waals surface area (Å²) in [5.74, 6) is 0.928. The average Bonchev–Trinajstić information content (AvgIpc) is 3.06. The van der Waals surface area contributed by atoms with Crippen molar-refractivity contribution in [1.82, 2.24) is 20.3 Å². The van der Waals surface area contributed by atoms with Gasteiger partial charge in [0.2, 0.25) is 0 Å². The van der Waals surface area contributed by atoms with E-state index < -0.39 is 0 Å². The van der Waals surface area contributed by atoms with E-state index in [1.165, 1.54) is 12.8 Å². The molecular formula is C13H16N4. The minimum atomic E-state index is 0.726. The van der Waals surface area contributed by atoms with Gasteiger partial charge in [0, 0.05) is 42.4 Å². The summed E-state index contributed by atoms with van der Waals surface area (Å²) < 4.78 is 0. The molecule has 0 unspecified atom stereocenters. The number of pyridine rings is 1. The molecule has 2 aromatic rings. The summed E-state index contributed by atoms with van der Waals surface area (Å²) in [7, 11) is 0. The van der Waals surface area contributed by atoms with Gasteiger partial charge in [-0.05, 0) is 31.4 Å². The zero-order valence-electron chi connectivity index (χ0n) is 9.90. The summed E-state index contributed by atoms with van der Waals surface area (Å²) in [6.07, 6.45) is 8.19. The molecule has 0 amide bonds. The molecule has 4 nitrogen and oxygen atoms in total. The van der Waals surface area contributed by atoms with Gasteiger partial charge in [-0.25, -0.2) is 4.98 Å². The second kappa shape index (κ2) is 4.30. The van der Waals surface area contributed by atoms with Crippen molar-refractivity contribution in [2.24, 2.45) is 0 Å². The second-order valence-electron chi connectivity index (χ2n) is 4.60. The molecule has 2 aromatic heterocycles. The Morgan fingerprint density at radius 1 is 1.41 bits per heavy atom. The summed E-state index contributed by atoms with van der Waals surface area (Å²) in [6.45, 7) is 2.93. The fourth-order valence-corrected chi connectivity index (χ4v) is 1.87. The highest BCUT2D eigenvalue weighted by Crippen LogP contribution is 2.21. The Kier molecular flexibility index (Phi) is 2.65. The van der Waals surface area contributed by atoms with Crippen molar-refractivity contribution in [3.05, 3.63) is 35.9 Å². The Morgan fingerprint density at radius 3 is 3.06 bits per heavy atom. The first kappa shape index (κ1) is 10.5. The highest BCUT2D eigenvalue weighted by molar-refractivity contribution is 5.58. The maximum absolute atomic E-state index is 4.42. The van der Waals surface area contributed by atoms with Crippen LogP contribution in [0, 0.1) is 6.92 Å². The number of H-pyrrole nitrogens is 1. The molecule has 88 valence electrons. The normalized spacial score (nSPS) is 15.1. The minimum absolute atomic E-state index is 0.726. The van der Waals surface area contributed by atoms with Crippen molar-refractivity contribution in [2.75, 3.05) is 0 Å². The standard InChI is InChI=1S/C13H16N4/c1-9-6-14-5-4-12(9)13-16-8-11(17-13)7-15-10-2-3-10/h4-6,8,10,15H,2-3,7H2,1H3,(H,16,17). The fourth-order valence-electron chi connectivity index (χ4n) is 1.87. The number of aryl methyl sites for hydroxylation is 1. The molecule has 0 saturated heterocycles. The third-order valence-electron chi connectivity index (χ3n) is 3.06. The van der Waals surface area contributed by atoms with E-state index in [4.69, 9.17) is 0 Å². The van der Waals surface area contributed by atoms with Crippen LogP contribution >= 0.6 is 0 Å². The topological polar surface area (TPSA) is 53.6 Å². The van der Waals surface area contributed by atoms with Crippen LogP contribution in [0.5, 0.6) is 0 Å². The van der Waals surface area contributed by atoms with Gasteiger partial charge < -0.3 is 10.3 Å². The lowest BCUT2D eigenvalue weighted by Gasteiger charge is -2.01. The predicted octanol–water partition coefficient (Wildman–Crippen LogP) is 2.03. The molecule has 0 spiro atoms. The van der Waals surface area contributed by atoms with E-state index in [1.807, 2.05) is 25.4 Å². The van der Waals surface area contributed by atoms with E-state index in [1.54, 1.807) is 6.20 Å². The lowest BCUT2D eigenvalue weighted by atomic mass is 10.1. The first-order chi connectivity index (χ1) is 8.33. The summed E-state index contributed by atoms with van der Waals surface area (Å²) >= 11 is 0. The smallest absolute Gasteiger partial charge is 0.137 e. The first-order valence-corrected chi connectivity index (χ1v) is 6.01. The molecule has 4 heteroatoms. The number of hydrogen-bond donors (Lipinski definition) is 2. The first-order valence-electron chi connectivity index (χ1n) is 6.01. The monoisotopic (exact) mass is 228 g/mol. The summed E-state index contributed by atoms with van der Waals surface area (Å²) in [6, 6.07) is 2.72. The van der Waals surface area contributed by atoms with Gasteiger partial charge in [0.1, 0.15) is 5.82 Å². The molecule has 0 atom stereocenters. The summed E-state index contributed by atoms with van der Waals surface area (Å²) in [5.41, 5.74) is 3.41. The maximum Gasteiger partial charge on any atom is 0.137 e. The van der Waals surface area contributed by atoms with Gasteiger partial charge in [-0.1, -0.05) is 0 Å². The van der Waals surface area contributed by atoms with Gasteiger partial charge in [0.25, 0.3) is 0 Å². The van der Waals surface area contributed by atoms with Crippen LogP contribution in [-0.2, 0) is 6.54 Å². The molecule has 0 radical (unpaired) electrons. The quantitative estimate of drug-likeness (QED) is 0.842. The molecule has 0 aliphatic heterocycles. The third kappa shape index (κ3) is 2.36. The lowest BCUT2D eigenvalue weighted by Crippen LogP contribution is -2.15. The molecule has 17 heavy (non-hydrogen) atoms. The van der Waals surface area contributed by atoms with Gasteiger partial charge in [-0.2, -0.15) is 0 Å². The van der Waals surface area contributed by atoms with Crippen LogP contribution in [0.2, 0.25) is 0 Å². The van der Waals surface area contributed by atoms with Crippen molar-refractivity contribution in [3.63, 3.8) is 0 Å². The fraction of sp³-hybridized carbons (Fsp3) is 0.385. The van der Waals surface area contributed by atoms with E-state index in [0.717, 1.165) is 35.2 Å². The Morgan fingerprint density at radius 2 is 2.29 bits per heavy atom. The van der Waals surface area contributed by atoms with Gasteiger partial charge in [0.05, 0.1) is 0 Å². The molecule has 0 bridgehead atoms. The van der Waals surface area contributed by atoms with Crippen molar-refractivity contribution < 1.29 is 0 Å². The van der Waals surface area contributed by atoms with Crippen molar-refractivity contribution in [1.29, 1.82) is 0 Å². The van der Waals surface area contributed by atoms with E-state index in [-0.39, 0.29) is 0 Å². The number of nitrogens with one attached hydrogen (secondary N) is 2. The lowest BCUT2D eigenvalue weighted by molar-refractivity contribution is 0.677. The number of nitrogens with zero attached hydrogens (tertiary/aromatic N) is 2. The highest BCUT2D eigenvalue weighted by Gasteiger charge is 2.20. The minimum Gasteiger partial charge on any atom is -0.341 e. The molecule has 0 aromatic carbocycles. The van der Waals surface area contributed by atoms with Gasteiger partial charge in [-0.15, -0.1) is 0 Å². The predicted molar refractivity (Wildman–Crippen MR) is 66.4 cm³/mol. The zero-order chi connectivity index (χ0) is 11.7. The van der Waals surface area contributed by atoms with E-state index in [0.29, 0.717) is 0 Å². The van der Waals surface area contributed by atoms with Crippen LogP contribution in [0.3, 0.4) is 0 Å². The molecule has 1 fully saturated rings. The summed E-state index contributed by atoms with van der Waals surface area (Å²) in [5, 5.41) is 3.47. The Bertz CT molecular complexity index is 514. The SMILES string of the molecule is Cc1cnccc1-c1ncc(CNC2CC2)[nH]1. The number of aromatic nitrogens is 3. The Hall–Kier alpha value is -1.68. The van der Waals surface area contributed by atoms with Crippen LogP contribution in [0.1, 0.15) is 24.1 Å². The van der Waals surface area contributed by atoms with Gasteiger partial charge in [0.15, 0.2) is 0 Å². The Labute approximate surface area is 101 Å². The highest BCUT2D eigenvalue weighted by atomic mass is 15.0. The second-order valence-corrected chi connectivity index (χ2v) is 4.60. The third-order valence-corrected chi connectivity index (χ3v) is 3.06. The molecule has 1 aliphatic rings. The van der Waals surface area contributed by atoms with Gasteiger partial charge in [-0.3, -0.25) is 4.98 Å². The van der Waals surface area contributed by atoms with E-state index in [9.17, 15) is 0 Å². The molecular weight excluding hydrogens is 212 g/mol. The molecule has 2 N–H and O–H groups in total. The molecule has 3 rings (SSSR count). The number of imidazole rings is 1. The average molecular weight is 228 g/mol. The van der Waals surface area contributed by atoms with Crippen LogP contribution in [-0.4, -0.2) is 21.0 Å². The van der Waals surface area contributed by atoms with Crippen molar-refractivity contribution >= 4 is 0 Å².